The molecule has 2 aromatic rings. The number of allylic oxidation sites excluding steroid dienone is 1. The van der Waals surface area contributed by atoms with Crippen LogP contribution in [-0.4, -0.2) is 77.4 Å². The van der Waals surface area contributed by atoms with Gasteiger partial charge in [-0.05, 0) is 56.8 Å². The lowest BCUT2D eigenvalue weighted by molar-refractivity contribution is 0.134. The van der Waals surface area contributed by atoms with E-state index in [-0.39, 0.29) is 0 Å². The second-order valence-electron chi connectivity index (χ2n) is 8.24. The van der Waals surface area contributed by atoms with Crippen molar-refractivity contribution in [3.8, 4) is 17.2 Å². The number of rotatable bonds is 10. The molecule has 0 saturated carbocycles. The molecule has 0 aromatic heterocycles. The number of likely N-dealkylation sites (N-methyl/N-ethyl adjacent to an activating group) is 1. The van der Waals surface area contributed by atoms with Crippen molar-refractivity contribution >= 4 is 11.4 Å². The van der Waals surface area contributed by atoms with E-state index < -0.39 is 0 Å². The van der Waals surface area contributed by atoms with E-state index >= 15 is 0 Å². The van der Waals surface area contributed by atoms with E-state index in [0.717, 1.165) is 72.5 Å². The molecule has 7 nitrogen and oxygen atoms in total. The summed E-state index contributed by atoms with van der Waals surface area (Å²) in [6.45, 7) is 10.2. The Morgan fingerprint density at radius 3 is 2.27 bits per heavy atom. The summed E-state index contributed by atoms with van der Waals surface area (Å²) >= 11 is 0. The van der Waals surface area contributed by atoms with Crippen molar-refractivity contribution in [3.63, 3.8) is 0 Å². The highest BCUT2D eigenvalue weighted by molar-refractivity contribution is 5.82. The Hall–Kier alpha value is -2.74. The molecule has 0 amide bonds. The topological polar surface area (TPSA) is 49.4 Å². The SMILES string of the molecule is C/C=C(/c1cc(C)c(OC)cc1OC)N(NC)c1ccc(OCCN2CCN(C)CC2)cc1. The monoisotopic (exact) mass is 454 g/mol. The zero-order valence-electron chi connectivity index (χ0n) is 20.9. The van der Waals surface area contributed by atoms with Gasteiger partial charge in [0, 0.05) is 51.4 Å². The van der Waals surface area contributed by atoms with Crippen LogP contribution in [0.1, 0.15) is 18.1 Å². The van der Waals surface area contributed by atoms with Crippen LogP contribution in [-0.2, 0) is 0 Å². The fourth-order valence-electron chi connectivity index (χ4n) is 4.11. The Labute approximate surface area is 198 Å². The van der Waals surface area contributed by atoms with Gasteiger partial charge < -0.3 is 19.1 Å². The van der Waals surface area contributed by atoms with E-state index in [9.17, 15) is 0 Å². The maximum Gasteiger partial charge on any atom is 0.131 e. The van der Waals surface area contributed by atoms with Gasteiger partial charge in [0.15, 0.2) is 0 Å². The lowest BCUT2D eigenvalue weighted by Gasteiger charge is -2.32. The van der Waals surface area contributed by atoms with Crippen molar-refractivity contribution in [1.29, 1.82) is 0 Å². The first-order valence-electron chi connectivity index (χ1n) is 11.5. The Morgan fingerprint density at radius 1 is 1.03 bits per heavy atom. The van der Waals surface area contributed by atoms with Crippen LogP contribution in [0.4, 0.5) is 5.69 Å². The number of anilines is 1. The number of piperazine rings is 1. The number of nitrogens with one attached hydrogen (secondary N) is 1. The van der Waals surface area contributed by atoms with Crippen LogP contribution in [0.15, 0.2) is 42.5 Å². The number of nitrogens with zero attached hydrogens (tertiary/aromatic N) is 3. The van der Waals surface area contributed by atoms with Crippen LogP contribution in [0.2, 0.25) is 0 Å². The van der Waals surface area contributed by atoms with Gasteiger partial charge in [0.05, 0.1) is 25.6 Å². The molecule has 7 heteroatoms. The molecule has 0 bridgehead atoms. The first kappa shape index (κ1) is 24.9. The van der Waals surface area contributed by atoms with E-state index in [1.807, 2.05) is 44.1 Å². The van der Waals surface area contributed by atoms with E-state index in [1.165, 1.54) is 0 Å². The van der Waals surface area contributed by atoms with E-state index in [0.29, 0.717) is 6.61 Å². The normalized spacial score (nSPS) is 15.4. The second kappa shape index (κ2) is 11.9. The Balaban J connectivity index is 1.70. The van der Waals surface area contributed by atoms with E-state index in [2.05, 4.69) is 46.5 Å². The van der Waals surface area contributed by atoms with Crippen LogP contribution in [0, 0.1) is 6.92 Å². The molecule has 2 aromatic carbocycles. The standard InChI is InChI=1S/C26H38N4O3/c1-7-24(23-18-20(2)25(31-5)19-26(23)32-6)30(27-3)21-8-10-22(11-9-21)33-17-16-29-14-12-28(4)13-15-29/h7-11,18-19,27H,12-17H2,1-6H3/b24-7-. The smallest absolute Gasteiger partial charge is 0.131 e. The lowest BCUT2D eigenvalue weighted by Crippen LogP contribution is -2.45. The van der Waals surface area contributed by atoms with Gasteiger partial charge in [-0.1, -0.05) is 6.08 Å². The first-order valence-corrected chi connectivity index (χ1v) is 11.5. The molecule has 0 aliphatic carbocycles. The van der Waals surface area contributed by atoms with Crippen molar-refractivity contribution in [2.24, 2.45) is 0 Å². The molecule has 1 N–H and O–H groups in total. The predicted molar refractivity (Wildman–Crippen MR) is 135 cm³/mol. The highest BCUT2D eigenvalue weighted by Gasteiger charge is 2.19. The van der Waals surface area contributed by atoms with E-state index in [4.69, 9.17) is 14.2 Å². The summed E-state index contributed by atoms with van der Waals surface area (Å²) in [6, 6.07) is 12.2. The molecular formula is C26H38N4O3. The van der Waals surface area contributed by atoms with Crippen LogP contribution in [0.5, 0.6) is 17.2 Å². The summed E-state index contributed by atoms with van der Waals surface area (Å²) in [5, 5.41) is 2.04. The molecule has 33 heavy (non-hydrogen) atoms. The molecule has 180 valence electrons. The van der Waals surface area contributed by atoms with Gasteiger partial charge in [-0.3, -0.25) is 9.91 Å². The molecule has 1 heterocycles. The number of ether oxygens (including phenoxy) is 3. The summed E-state index contributed by atoms with van der Waals surface area (Å²) in [7, 11) is 7.44. The Bertz CT molecular complexity index is 922. The van der Waals surface area contributed by atoms with Gasteiger partial charge >= 0.3 is 0 Å². The molecule has 0 radical (unpaired) electrons. The summed E-state index contributed by atoms with van der Waals surface area (Å²) in [5.74, 6) is 2.44. The number of benzene rings is 2. The van der Waals surface area contributed by atoms with Gasteiger partial charge in [0.2, 0.25) is 0 Å². The molecule has 1 saturated heterocycles. The van der Waals surface area contributed by atoms with Gasteiger partial charge in [-0.2, -0.15) is 0 Å². The van der Waals surface area contributed by atoms with Crippen molar-refractivity contribution in [2.75, 3.05) is 72.7 Å². The summed E-state index contributed by atoms with van der Waals surface area (Å²) in [5.41, 5.74) is 7.34. The van der Waals surface area contributed by atoms with Crippen molar-refractivity contribution in [2.45, 2.75) is 13.8 Å². The molecule has 3 rings (SSSR count). The van der Waals surface area contributed by atoms with Gasteiger partial charge in [0.25, 0.3) is 0 Å². The zero-order chi connectivity index (χ0) is 23.8. The largest absolute Gasteiger partial charge is 0.496 e. The van der Waals surface area contributed by atoms with Crippen LogP contribution in [0.3, 0.4) is 0 Å². The summed E-state index contributed by atoms with van der Waals surface area (Å²) in [4.78, 5) is 4.82. The average molecular weight is 455 g/mol. The first-order chi connectivity index (χ1) is 16.0. The third kappa shape index (κ3) is 6.19. The molecule has 0 spiro atoms. The summed E-state index contributed by atoms with van der Waals surface area (Å²) < 4.78 is 17.2. The fourth-order valence-corrected chi connectivity index (χ4v) is 4.11. The Morgan fingerprint density at radius 2 is 1.70 bits per heavy atom. The maximum atomic E-state index is 6.01. The second-order valence-corrected chi connectivity index (χ2v) is 8.24. The van der Waals surface area contributed by atoms with Crippen LogP contribution >= 0.6 is 0 Å². The van der Waals surface area contributed by atoms with Crippen molar-refractivity contribution in [3.05, 3.63) is 53.6 Å². The maximum absolute atomic E-state index is 6.01. The van der Waals surface area contributed by atoms with Crippen molar-refractivity contribution < 1.29 is 14.2 Å². The lowest BCUT2D eigenvalue weighted by atomic mass is 10.0. The number of aryl methyl sites for hydroxylation is 1. The van der Waals surface area contributed by atoms with Crippen LogP contribution < -0.4 is 24.6 Å². The minimum atomic E-state index is 0.696. The highest BCUT2D eigenvalue weighted by Crippen LogP contribution is 2.36. The molecule has 1 aliphatic heterocycles. The van der Waals surface area contributed by atoms with Crippen LogP contribution in [0.25, 0.3) is 5.70 Å². The molecule has 0 unspecified atom stereocenters. The quantitative estimate of drug-likeness (QED) is 0.550. The van der Waals surface area contributed by atoms with Crippen molar-refractivity contribution in [1.82, 2.24) is 15.2 Å². The number of methoxy groups -OCH3 is 2. The third-order valence-electron chi connectivity index (χ3n) is 6.10. The number of hydrazine groups is 1. The Kier molecular flexibility index (Phi) is 9.00. The highest BCUT2D eigenvalue weighted by atomic mass is 16.5. The van der Waals surface area contributed by atoms with E-state index in [1.54, 1.807) is 14.2 Å². The predicted octanol–water partition coefficient (Wildman–Crippen LogP) is 3.64. The minimum Gasteiger partial charge on any atom is -0.496 e. The molecule has 1 aliphatic rings. The minimum absolute atomic E-state index is 0.696. The molecular weight excluding hydrogens is 416 g/mol. The van der Waals surface area contributed by atoms with Gasteiger partial charge in [0.1, 0.15) is 23.9 Å². The third-order valence-corrected chi connectivity index (χ3v) is 6.10. The average Bonchev–Trinajstić information content (AvgIpc) is 2.84. The summed E-state index contributed by atoms with van der Waals surface area (Å²) in [6.07, 6.45) is 2.07. The number of hydrogen-bond donors (Lipinski definition) is 1. The zero-order valence-corrected chi connectivity index (χ0v) is 20.9. The fraction of sp³-hybridized carbons (Fsp3) is 0.462. The molecule has 1 fully saturated rings. The van der Waals surface area contributed by atoms with Gasteiger partial charge in [-0.15, -0.1) is 0 Å². The van der Waals surface area contributed by atoms with Gasteiger partial charge in [-0.25, -0.2) is 5.43 Å². The molecule has 0 atom stereocenters. The number of hydrogen-bond acceptors (Lipinski definition) is 7.